The zero-order chi connectivity index (χ0) is 21.1. The molecular formula is C20H21N5O4S. The van der Waals surface area contributed by atoms with Crippen LogP contribution in [0.5, 0.6) is 0 Å². The quantitative estimate of drug-likeness (QED) is 0.625. The van der Waals surface area contributed by atoms with E-state index in [9.17, 15) is 9.59 Å². The van der Waals surface area contributed by atoms with E-state index in [4.69, 9.17) is 9.47 Å². The largest absolute Gasteiger partial charge is 0.465 e. The zero-order valence-electron chi connectivity index (χ0n) is 16.6. The van der Waals surface area contributed by atoms with Crippen LogP contribution < -0.4 is 10.2 Å². The maximum atomic E-state index is 12.7. The summed E-state index contributed by atoms with van der Waals surface area (Å²) in [5.74, 6) is -0.916. The molecule has 0 atom stereocenters. The van der Waals surface area contributed by atoms with Gasteiger partial charge in [0.1, 0.15) is 10.7 Å². The van der Waals surface area contributed by atoms with Gasteiger partial charge in [0, 0.05) is 43.0 Å². The molecule has 0 radical (unpaired) electrons. The van der Waals surface area contributed by atoms with Gasteiger partial charge in [0.25, 0.3) is 5.91 Å². The first-order chi connectivity index (χ1) is 14.5. The minimum Gasteiger partial charge on any atom is -0.465 e. The van der Waals surface area contributed by atoms with Gasteiger partial charge in [-0.2, -0.15) is 5.10 Å². The van der Waals surface area contributed by atoms with E-state index >= 15 is 0 Å². The molecule has 0 spiro atoms. The van der Waals surface area contributed by atoms with Gasteiger partial charge >= 0.3 is 5.97 Å². The fourth-order valence-electron chi connectivity index (χ4n) is 3.17. The molecule has 1 amide bonds. The predicted octanol–water partition coefficient (Wildman–Crippen LogP) is 2.42. The van der Waals surface area contributed by atoms with Crippen LogP contribution in [0.1, 0.15) is 20.8 Å². The molecule has 0 bridgehead atoms. The topological polar surface area (TPSA) is 98.6 Å². The van der Waals surface area contributed by atoms with Crippen LogP contribution in [0.4, 0.5) is 11.4 Å². The van der Waals surface area contributed by atoms with Crippen LogP contribution >= 0.6 is 11.3 Å². The van der Waals surface area contributed by atoms with Crippen LogP contribution in [0.25, 0.3) is 10.6 Å². The number of ether oxygens (including phenoxy) is 2. The van der Waals surface area contributed by atoms with Gasteiger partial charge in [-0.15, -0.1) is 11.3 Å². The van der Waals surface area contributed by atoms with E-state index in [0.717, 1.165) is 24.3 Å². The second kappa shape index (κ2) is 8.64. The number of benzene rings is 1. The Morgan fingerprint density at radius 2 is 2.07 bits per heavy atom. The van der Waals surface area contributed by atoms with E-state index < -0.39 is 11.9 Å². The van der Waals surface area contributed by atoms with E-state index in [1.165, 1.54) is 18.4 Å². The highest BCUT2D eigenvalue weighted by atomic mass is 32.1. The minimum absolute atomic E-state index is 0.270. The number of morpholine rings is 1. The van der Waals surface area contributed by atoms with Crippen molar-refractivity contribution in [3.63, 3.8) is 0 Å². The number of carbonyl (C=O) groups is 2. The van der Waals surface area contributed by atoms with Crippen LogP contribution in [0.15, 0.2) is 36.0 Å². The van der Waals surface area contributed by atoms with Crippen LogP contribution in [0.2, 0.25) is 0 Å². The van der Waals surface area contributed by atoms with Crippen molar-refractivity contribution in [2.45, 2.75) is 0 Å². The third kappa shape index (κ3) is 4.19. The molecule has 1 aliphatic heterocycles. The fraction of sp³-hybridized carbons (Fsp3) is 0.300. The average Bonchev–Trinajstić information content (AvgIpc) is 3.43. The molecule has 3 heterocycles. The van der Waals surface area contributed by atoms with E-state index in [0.29, 0.717) is 23.9 Å². The summed E-state index contributed by atoms with van der Waals surface area (Å²) in [5.41, 5.74) is 2.65. The van der Waals surface area contributed by atoms with Crippen molar-refractivity contribution in [1.82, 2.24) is 14.8 Å². The number of anilines is 2. The highest BCUT2D eigenvalue weighted by Crippen LogP contribution is 2.27. The van der Waals surface area contributed by atoms with Crippen molar-refractivity contribution in [3.8, 4) is 10.6 Å². The smallest absolute Gasteiger partial charge is 0.340 e. The third-order valence-corrected chi connectivity index (χ3v) is 5.61. The molecule has 0 aliphatic carbocycles. The number of hydrogen-bond acceptors (Lipinski definition) is 8. The number of methoxy groups -OCH3 is 1. The summed E-state index contributed by atoms with van der Waals surface area (Å²) < 4.78 is 12.0. The lowest BCUT2D eigenvalue weighted by Gasteiger charge is -2.29. The molecule has 1 fully saturated rings. The Morgan fingerprint density at radius 1 is 1.27 bits per heavy atom. The van der Waals surface area contributed by atoms with Crippen LogP contribution in [-0.2, 0) is 16.5 Å². The summed E-state index contributed by atoms with van der Waals surface area (Å²) >= 11 is 1.36. The monoisotopic (exact) mass is 427 g/mol. The number of carbonyl (C=O) groups excluding carboxylic acids is 2. The number of amides is 1. The third-order valence-electron chi connectivity index (χ3n) is 4.72. The van der Waals surface area contributed by atoms with Gasteiger partial charge in [-0.1, -0.05) is 0 Å². The number of esters is 1. The Bertz CT molecular complexity index is 1070. The van der Waals surface area contributed by atoms with Crippen molar-refractivity contribution in [2.24, 2.45) is 7.05 Å². The highest BCUT2D eigenvalue weighted by Gasteiger charge is 2.20. The molecule has 156 valence electrons. The Morgan fingerprint density at radius 3 is 2.77 bits per heavy atom. The second-order valence-corrected chi connectivity index (χ2v) is 7.57. The van der Waals surface area contributed by atoms with E-state index in [2.05, 4.69) is 20.3 Å². The number of nitrogens with one attached hydrogen (secondary N) is 1. The maximum Gasteiger partial charge on any atom is 0.340 e. The number of hydrogen-bond donors (Lipinski definition) is 1. The summed E-state index contributed by atoms with van der Waals surface area (Å²) in [6.07, 6.45) is 3.53. The zero-order valence-corrected chi connectivity index (χ0v) is 17.4. The molecule has 4 rings (SSSR count). The van der Waals surface area contributed by atoms with Crippen LogP contribution in [0.3, 0.4) is 0 Å². The summed E-state index contributed by atoms with van der Waals surface area (Å²) in [6.45, 7) is 2.74. The molecule has 1 aliphatic rings. The summed E-state index contributed by atoms with van der Waals surface area (Å²) in [6, 6.07) is 5.31. The molecule has 1 N–H and O–H groups in total. The fourth-order valence-corrected chi connectivity index (χ4v) is 3.94. The number of rotatable bonds is 5. The summed E-state index contributed by atoms with van der Waals surface area (Å²) in [5, 5.41) is 9.28. The Balaban J connectivity index is 1.56. The normalized spacial score (nSPS) is 13.9. The maximum absolute atomic E-state index is 12.7. The van der Waals surface area contributed by atoms with Gasteiger partial charge in [0.2, 0.25) is 0 Å². The van der Waals surface area contributed by atoms with Crippen LogP contribution in [0, 0.1) is 0 Å². The molecule has 10 heteroatoms. The first-order valence-corrected chi connectivity index (χ1v) is 10.2. The van der Waals surface area contributed by atoms with Gasteiger partial charge in [-0.25, -0.2) is 9.78 Å². The lowest BCUT2D eigenvalue weighted by atomic mass is 10.1. The molecule has 2 aromatic heterocycles. The highest BCUT2D eigenvalue weighted by molar-refractivity contribution is 7.13. The summed E-state index contributed by atoms with van der Waals surface area (Å²) in [7, 11) is 3.13. The van der Waals surface area contributed by atoms with Gasteiger partial charge in [-0.3, -0.25) is 9.48 Å². The Hall–Kier alpha value is -3.24. The SMILES string of the molecule is COC(=O)c1cc(N2CCOCC2)ccc1NC(=O)c1csc(-c2cnn(C)c2)n1. The van der Waals surface area contributed by atoms with Gasteiger partial charge in [-0.05, 0) is 18.2 Å². The minimum atomic E-state index is -0.519. The molecular weight excluding hydrogens is 406 g/mol. The number of nitrogens with zero attached hydrogens (tertiary/aromatic N) is 4. The first kappa shape index (κ1) is 20.0. The molecule has 0 saturated carbocycles. The molecule has 1 saturated heterocycles. The average molecular weight is 427 g/mol. The van der Waals surface area contributed by atoms with Crippen molar-refractivity contribution >= 4 is 34.6 Å². The van der Waals surface area contributed by atoms with Crippen molar-refractivity contribution < 1.29 is 19.1 Å². The lowest BCUT2D eigenvalue weighted by Crippen LogP contribution is -2.36. The Kier molecular flexibility index (Phi) is 5.77. The summed E-state index contributed by atoms with van der Waals surface area (Å²) in [4.78, 5) is 31.6. The predicted molar refractivity (Wildman–Crippen MR) is 113 cm³/mol. The molecule has 3 aromatic rings. The molecule has 0 unspecified atom stereocenters. The van der Waals surface area contributed by atoms with Gasteiger partial charge < -0.3 is 19.7 Å². The second-order valence-electron chi connectivity index (χ2n) is 6.72. The van der Waals surface area contributed by atoms with E-state index in [1.807, 2.05) is 19.3 Å². The molecule has 9 nitrogen and oxygen atoms in total. The van der Waals surface area contributed by atoms with Crippen molar-refractivity contribution in [3.05, 3.63) is 47.2 Å². The molecule has 1 aromatic carbocycles. The molecule has 30 heavy (non-hydrogen) atoms. The van der Waals surface area contributed by atoms with Crippen LogP contribution in [-0.4, -0.2) is 60.1 Å². The van der Waals surface area contributed by atoms with E-state index in [1.54, 1.807) is 28.4 Å². The number of thiazole rings is 1. The van der Waals surface area contributed by atoms with Gasteiger partial charge in [0.05, 0.1) is 37.8 Å². The number of aryl methyl sites for hydroxylation is 1. The van der Waals surface area contributed by atoms with Crippen molar-refractivity contribution in [2.75, 3.05) is 43.6 Å². The number of aromatic nitrogens is 3. The standard InChI is InChI=1S/C20H21N5O4S/c1-24-11-13(10-21-24)19-23-17(12-30-19)18(26)22-16-4-3-14(9-15(16)20(27)28-2)25-5-7-29-8-6-25/h3-4,9-12H,5-8H2,1-2H3,(H,22,26). The Labute approximate surface area is 177 Å². The van der Waals surface area contributed by atoms with Gasteiger partial charge in [0.15, 0.2) is 0 Å². The first-order valence-electron chi connectivity index (χ1n) is 9.36. The van der Waals surface area contributed by atoms with E-state index in [-0.39, 0.29) is 11.3 Å². The lowest BCUT2D eigenvalue weighted by molar-refractivity contribution is 0.0602. The van der Waals surface area contributed by atoms with Crippen molar-refractivity contribution in [1.29, 1.82) is 0 Å².